The van der Waals surface area contributed by atoms with Crippen molar-refractivity contribution < 1.29 is 22.3 Å². The zero-order valence-electron chi connectivity index (χ0n) is 7.90. The van der Waals surface area contributed by atoms with Crippen LogP contribution in [0, 0.1) is 5.92 Å². The Morgan fingerprint density at radius 3 is 2.57 bits per heavy atom. The lowest BCUT2D eigenvalue weighted by Crippen LogP contribution is -2.15. The third-order valence-corrected chi connectivity index (χ3v) is 4.10. The van der Waals surface area contributed by atoms with E-state index in [-0.39, 0.29) is 18.6 Å². The Morgan fingerprint density at radius 1 is 1.50 bits per heavy atom. The van der Waals surface area contributed by atoms with E-state index in [1.807, 2.05) is 0 Å². The summed E-state index contributed by atoms with van der Waals surface area (Å²) >= 11 is 0. The summed E-state index contributed by atoms with van der Waals surface area (Å²) in [5.74, 6) is -1.52. The molecule has 2 atom stereocenters. The van der Waals surface area contributed by atoms with Gasteiger partial charge in [0.2, 0.25) is 0 Å². The normalized spacial score (nSPS) is 30.1. The summed E-state index contributed by atoms with van der Waals surface area (Å²) in [5.41, 5.74) is 0. The monoisotopic (exact) mass is 224 g/mol. The van der Waals surface area contributed by atoms with Crippen LogP contribution >= 0.6 is 0 Å². The molecular weight excluding hydrogens is 211 g/mol. The van der Waals surface area contributed by atoms with Crippen molar-refractivity contribution in [2.45, 2.75) is 19.0 Å². The van der Waals surface area contributed by atoms with Gasteiger partial charge in [0, 0.05) is 12.3 Å². The number of esters is 1. The number of hydrogen-bond donors (Lipinski definition) is 0. The van der Waals surface area contributed by atoms with Gasteiger partial charge in [-0.05, 0) is 6.42 Å². The van der Waals surface area contributed by atoms with Gasteiger partial charge in [0.1, 0.15) is 6.17 Å². The Bertz CT molecular complexity index is 311. The van der Waals surface area contributed by atoms with Gasteiger partial charge in [0.15, 0.2) is 9.84 Å². The van der Waals surface area contributed by atoms with Crippen LogP contribution in [0.2, 0.25) is 0 Å². The first-order chi connectivity index (χ1) is 6.44. The second-order valence-electron chi connectivity index (χ2n) is 3.47. The number of methoxy groups -OCH3 is 1. The molecule has 0 saturated carbocycles. The van der Waals surface area contributed by atoms with Crippen LogP contribution in [0.25, 0.3) is 0 Å². The molecule has 1 aliphatic rings. The number of hydrogen-bond acceptors (Lipinski definition) is 4. The zero-order chi connectivity index (χ0) is 10.8. The van der Waals surface area contributed by atoms with E-state index in [2.05, 4.69) is 4.74 Å². The number of halogens is 1. The first-order valence-electron chi connectivity index (χ1n) is 4.36. The minimum absolute atomic E-state index is 0.0805. The fraction of sp³-hybridized carbons (Fsp3) is 0.875. The highest BCUT2D eigenvalue weighted by molar-refractivity contribution is 7.91. The summed E-state index contributed by atoms with van der Waals surface area (Å²) in [7, 11) is -1.98. The molecule has 0 spiro atoms. The molecule has 0 aromatic rings. The maximum Gasteiger partial charge on any atom is 0.305 e. The molecule has 0 N–H and O–H groups in total. The van der Waals surface area contributed by atoms with Crippen LogP contribution in [0.3, 0.4) is 0 Å². The number of carbonyl (C=O) groups is 1. The lowest BCUT2D eigenvalue weighted by Gasteiger charge is -2.08. The molecule has 1 aliphatic heterocycles. The lowest BCUT2D eigenvalue weighted by molar-refractivity contribution is -0.140. The Kier molecular flexibility index (Phi) is 3.47. The summed E-state index contributed by atoms with van der Waals surface area (Å²) in [6.07, 6.45) is -1.01. The number of sulfone groups is 1. The van der Waals surface area contributed by atoms with Crippen molar-refractivity contribution in [3.05, 3.63) is 0 Å². The zero-order valence-corrected chi connectivity index (χ0v) is 8.72. The van der Waals surface area contributed by atoms with Crippen molar-refractivity contribution >= 4 is 15.8 Å². The Balaban J connectivity index is 2.44. The van der Waals surface area contributed by atoms with E-state index in [1.54, 1.807) is 0 Å². The van der Waals surface area contributed by atoms with Gasteiger partial charge < -0.3 is 4.74 Å². The van der Waals surface area contributed by atoms with Crippen LogP contribution in [0.1, 0.15) is 12.8 Å². The largest absolute Gasteiger partial charge is 0.469 e. The van der Waals surface area contributed by atoms with Crippen molar-refractivity contribution in [1.29, 1.82) is 0 Å². The summed E-state index contributed by atoms with van der Waals surface area (Å²) in [6.45, 7) is 0. The number of rotatable bonds is 3. The van der Waals surface area contributed by atoms with Crippen LogP contribution < -0.4 is 0 Å². The van der Waals surface area contributed by atoms with Gasteiger partial charge in [0.25, 0.3) is 0 Å². The van der Waals surface area contributed by atoms with Crippen LogP contribution in [0.4, 0.5) is 4.39 Å². The summed E-state index contributed by atoms with van der Waals surface area (Å²) in [6, 6.07) is 0. The van der Waals surface area contributed by atoms with Crippen LogP contribution in [0.5, 0.6) is 0 Å². The van der Waals surface area contributed by atoms with Gasteiger partial charge in [-0.25, -0.2) is 12.8 Å². The van der Waals surface area contributed by atoms with Crippen molar-refractivity contribution in [3.8, 4) is 0 Å². The molecule has 82 valence electrons. The summed E-state index contributed by atoms with van der Waals surface area (Å²) < 4.78 is 39.5. The molecule has 0 bridgehead atoms. The molecule has 0 aromatic carbocycles. The maximum atomic E-state index is 13.1. The molecule has 1 saturated heterocycles. The Labute approximate surface area is 82.4 Å². The van der Waals surface area contributed by atoms with E-state index in [0.29, 0.717) is 0 Å². The van der Waals surface area contributed by atoms with E-state index in [1.165, 1.54) is 7.11 Å². The molecule has 1 fully saturated rings. The third-order valence-electron chi connectivity index (χ3n) is 2.34. The molecule has 0 aliphatic carbocycles. The maximum absolute atomic E-state index is 13.1. The van der Waals surface area contributed by atoms with Crippen LogP contribution in [-0.2, 0) is 19.4 Å². The predicted octanol–water partition coefficient (Wildman–Crippen LogP) is 0.322. The van der Waals surface area contributed by atoms with E-state index in [0.717, 1.165) is 0 Å². The van der Waals surface area contributed by atoms with Crippen molar-refractivity contribution in [2.75, 3.05) is 18.6 Å². The van der Waals surface area contributed by atoms with Gasteiger partial charge in [0.05, 0.1) is 18.6 Å². The highest BCUT2D eigenvalue weighted by Crippen LogP contribution is 2.26. The van der Waals surface area contributed by atoms with Gasteiger partial charge >= 0.3 is 5.97 Å². The van der Waals surface area contributed by atoms with Crippen molar-refractivity contribution in [1.82, 2.24) is 0 Å². The molecule has 0 radical (unpaired) electrons. The van der Waals surface area contributed by atoms with E-state index in [4.69, 9.17) is 0 Å². The predicted molar refractivity (Wildman–Crippen MR) is 48.3 cm³/mol. The molecule has 4 nitrogen and oxygen atoms in total. The van der Waals surface area contributed by atoms with Gasteiger partial charge in [-0.2, -0.15) is 0 Å². The highest BCUT2D eigenvalue weighted by atomic mass is 32.2. The van der Waals surface area contributed by atoms with E-state index >= 15 is 0 Å². The molecule has 1 rings (SSSR count). The number of ether oxygens (including phenoxy) is 1. The quantitative estimate of drug-likeness (QED) is 0.648. The molecule has 6 heteroatoms. The summed E-state index contributed by atoms with van der Waals surface area (Å²) in [4.78, 5) is 10.7. The van der Waals surface area contributed by atoms with Crippen molar-refractivity contribution in [2.24, 2.45) is 5.92 Å². The van der Waals surface area contributed by atoms with Crippen LogP contribution in [0.15, 0.2) is 0 Å². The smallest absolute Gasteiger partial charge is 0.305 e. The second-order valence-corrected chi connectivity index (χ2v) is 5.62. The fourth-order valence-electron chi connectivity index (χ4n) is 1.55. The summed E-state index contributed by atoms with van der Waals surface area (Å²) in [5, 5.41) is 0. The molecule has 0 amide bonds. The third kappa shape index (κ3) is 2.94. The lowest BCUT2D eigenvalue weighted by atomic mass is 10.0. The molecule has 1 heterocycles. The van der Waals surface area contributed by atoms with Crippen LogP contribution in [-0.4, -0.2) is 39.2 Å². The van der Waals surface area contributed by atoms with Crippen molar-refractivity contribution in [3.63, 3.8) is 0 Å². The molecule has 14 heavy (non-hydrogen) atoms. The minimum Gasteiger partial charge on any atom is -0.469 e. The number of carbonyl (C=O) groups excluding carboxylic acids is 1. The van der Waals surface area contributed by atoms with Gasteiger partial charge in [-0.15, -0.1) is 0 Å². The Morgan fingerprint density at radius 2 is 2.14 bits per heavy atom. The standard InChI is InChI=1S/C8H13FO4S/c1-13-8(10)3-2-6-4-14(11,12)5-7(6)9/h6-7H,2-5H2,1H3/t6-,7-/m1/s1. The SMILES string of the molecule is COC(=O)CC[C@@H]1CS(=O)(=O)C[C@H]1F. The first-order valence-corrected chi connectivity index (χ1v) is 6.18. The highest BCUT2D eigenvalue weighted by Gasteiger charge is 2.37. The van der Waals surface area contributed by atoms with Gasteiger partial charge in [-0.3, -0.25) is 4.79 Å². The number of alkyl halides is 1. The topological polar surface area (TPSA) is 60.4 Å². The van der Waals surface area contributed by atoms with E-state index < -0.39 is 33.6 Å². The first kappa shape index (κ1) is 11.4. The molecule has 0 aromatic heterocycles. The Hall–Kier alpha value is -0.650. The average molecular weight is 224 g/mol. The minimum atomic E-state index is -3.23. The second kappa shape index (κ2) is 4.25. The fourth-order valence-corrected chi connectivity index (χ4v) is 3.47. The molecular formula is C8H13FO4S. The molecule has 0 unspecified atom stereocenters. The van der Waals surface area contributed by atoms with E-state index in [9.17, 15) is 17.6 Å². The average Bonchev–Trinajstić information content (AvgIpc) is 2.35. The van der Waals surface area contributed by atoms with Gasteiger partial charge in [-0.1, -0.05) is 0 Å².